The Labute approximate surface area is 143 Å². The summed E-state index contributed by atoms with van der Waals surface area (Å²) in [6.07, 6.45) is 7.62. The standard InChI is InChI=1S/C16H20N6OS/c1-10-21-22-9-11(18-16(22)24-10)8-17-15(23)7-6-14-12-4-2-3-5-13(12)19-20-14/h9H,2-8H2,1H3,(H,17,23)(H,19,20). The van der Waals surface area contributed by atoms with E-state index in [0.29, 0.717) is 19.4 Å². The smallest absolute Gasteiger partial charge is 0.220 e. The molecule has 0 aliphatic heterocycles. The number of carbonyl (C=O) groups is 1. The summed E-state index contributed by atoms with van der Waals surface area (Å²) in [6, 6.07) is 0. The van der Waals surface area contributed by atoms with E-state index in [0.717, 1.165) is 34.2 Å². The van der Waals surface area contributed by atoms with Gasteiger partial charge in [0.05, 0.1) is 24.1 Å². The Balaban J connectivity index is 1.30. The van der Waals surface area contributed by atoms with E-state index in [1.807, 2.05) is 13.1 Å². The van der Waals surface area contributed by atoms with Crippen LogP contribution in [-0.2, 0) is 30.6 Å². The van der Waals surface area contributed by atoms with Gasteiger partial charge in [-0.15, -0.1) is 0 Å². The molecule has 8 heteroatoms. The van der Waals surface area contributed by atoms with E-state index >= 15 is 0 Å². The molecule has 0 radical (unpaired) electrons. The minimum atomic E-state index is 0.0306. The largest absolute Gasteiger partial charge is 0.350 e. The van der Waals surface area contributed by atoms with E-state index in [1.54, 1.807) is 15.9 Å². The molecule has 0 aromatic carbocycles. The van der Waals surface area contributed by atoms with Gasteiger partial charge in [0.15, 0.2) is 0 Å². The molecule has 3 heterocycles. The van der Waals surface area contributed by atoms with Crippen LogP contribution in [0.4, 0.5) is 0 Å². The van der Waals surface area contributed by atoms with E-state index < -0.39 is 0 Å². The summed E-state index contributed by atoms with van der Waals surface area (Å²) >= 11 is 1.55. The first-order valence-corrected chi connectivity index (χ1v) is 9.14. The highest BCUT2D eigenvalue weighted by Gasteiger charge is 2.17. The molecule has 0 atom stereocenters. The molecule has 1 amide bonds. The van der Waals surface area contributed by atoms with Crippen LogP contribution in [0.5, 0.6) is 0 Å². The van der Waals surface area contributed by atoms with Crippen LogP contribution in [0.15, 0.2) is 6.20 Å². The van der Waals surface area contributed by atoms with Gasteiger partial charge in [-0.1, -0.05) is 11.3 Å². The summed E-state index contributed by atoms with van der Waals surface area (Å²) in [5, 5.41) is 15.7. The van der Waals surface area contributed by atoms with Crippen molar-refractivity contribution in [3.63, 3.8) is 0 Å². The predicted molar refractivity (Wildman–Crippen MR) is 91.0 cm³/mol. The predicted octanol–water partition coefficient (Wildman–Crippen LogP) is 1.95. The van der Waals surface area contributed by atoms with Gasteiger partial charge in [0, 0.05) is 18.5 Å². The molecule has 0 spiro atoms. The van der Waals surface area contributed by atoms with Crippen LogP contribution < -0.4 is 5.32 Å². The molecule has 2 N–H and O–H groups in total. The zero-order valence-corrected chi connectivity index (χ0v) is 14.4. The number of fused-ring (bicyclic) bond motifs is 2. The van der Waals surface area contributed by atoms with Gasteiger partial charge in [0.2, 0.25) is 10.9 Å². The lowest BCUT2D eigenvalue weighted by Gasteiger charge is -2.11. The second-order valence-electron chi connectivity index (χ2n) is 6.19. The zero-order chi connectivity index (χ0) is 16.5. The van der Waals surface area contributed by atoms with Gasteiger partial charge in [0.1, 0.15) is 5.01 Å². The molecule has 0 saturated heterocycles. The second kappa shape index (κ2) is 6.35. The van der Waals surface area contributed by atoms with Crippen molar-refractivity contribution in [2.45, 2.75) is 52.0 Å². The molecule has 7 nitrogen and oxygen atoms in total. The first-order chi connectivity index (χ1) is 11.7. The van der Waals surface area contributed by atoms with Gasteiger partial charge in [0.25, 0.3) is 0 Å². The number of imidazole rings is 1. The average molecular weight is 344 g/mol. The van der Waals surface area contributed by atoms with Crippen LogP contribution in [0.3, 0.4) is 0 Å². The van der Waals surface area contributed by atoms with Crippen molar-refractivity contribution < 1.29 is 4.79 Å². The quantitative estimate of drug-likeness (QED) is 0.740. The number of carbonyl (C=O) groups excluding carboxylic acids is 1. The van der Waals surface area contributed by atoms with Crippen LogP contribution in [0.25, 0.3) is 4.96 Å². The number of H-pyrrole nitrogens is 1. The van der Waals surface area contributed by atoms with Gasteiger partial charge in [-0.25, -0.2) is 9.50 Å². The van der Waals surface area contributed by atoms with E-state index in [-0.39, 0.29) is 5.91 Å². The van der Waals surface area contributed by atoms with Crippen LogP contribution in [0.1, 0.15) is 46.9 Å². The summed E-state index contributed by atoms with van der Waals surface area (Å²) in [4.78, 5) is 17.4. The fourth-order valence-corrected chi connectivity index (χ4v) is 3.94. The summed E-state index contributed by atoms with van der Waals surface area (Å²) < 4.78 is 1.76. The van der Waals surface area contributed by atoms with Gasteiger partial charge in [-0.2, -0.15) is 10.2 Å². The summed E-state index contributed by atoms with van der Waals surface area (Å²) in [6.45, 7) is 2.39. The van der Waals surface area contributed by atoms with Gasteiger partial charge < -0.3 is 5.32 Å². The third-order valence-corrected chi connectivity index (χ3v) is 5.23. The van der Waals surface area contributed by atoms with Gasteiger partial charge >= 0.3 is 0 Å². The fraction of sp³-hybridized carbons (Fsp3) is 0.500. The molecule has 1 aliphatic carbocycles. The topological polar surface area (TPSA) is 88.0 Å². The molecule has 0 fully saturated rings. The number of aromatic nitrogens is 5. The Hall–Kier alpha value is -2.22. The Morgan fingerprint density at radius 2 is 2.29 bits per heavy atom. The van der Waals surface area contributed by atoms with E-state index in [2.05, 4.69) is 25.6 Å². The van der Waals surface area contributed by atoms with Crippen molar-refractivity contribution in [2.75, 3.05) is 0 Å². The van der Waals surface area contributed by atoms with Crippen molar-refractivity contribution in [1.82, 2.24) is 30.1 Å². The van der Waals surface area contributed by atoms with Crippen LogP contribution in [-0.4, -0.2) is 30.7 Å². The molecule has 3 aromatic heterocycles. The maximum Gasteiger partial charge on any atom is 0.220 e. The van der Waals surface area contributed by atoms with E-state index in [4.69, 9.17) is 0 Å². The number of hydrogen-bond donors (Lipinski definition) is 2. The number of nitrogens with one attached hydrogen (secondary N) is 2. The molecule has 1 aliphatic rings. The Morgan fingerprint density at radius 3 is 3.17 bits per heavy atom. The highest BCUT2D eigenvalue weighted by molar-refractivity contribution is 7.16. The molecule has 0 saturated carbocycles. The maximum absolute atomic E-state index is 12.1. The van der Waals surface area contributed by atoms with Crippen LogP contribution >= 0.6 is 11.3 Å². The fourth-order valence-electron chi connectivity index (χ4n) is 3.20. The first kappa shape index (κ1) is 15.3. The average Bonchev–Trinajstić information content (AvgIpc) is 3.23. The second-order valence-corrected chi connectivity index (χ2v) is 7.35. The number of amides is 1. The highest BCUT2D eigenvalue weighted by Crippen LogP contribution is 2.22. The Morgan fingerprint density at radius 1 is 1.42 bits per heavy atom. The van der Waals surface area contributed by atoms with Crippen molar-refractivity contribution in [2.24, 2.45) is 0 Å². The van der Waals surface area contributed by atoms with Gasteiger partial charge in [-0.3, -0.25) is 9.89 Å². The minimum absolute atomic E-state index is 0.0306. The minimum Gasteiger partial charge on any atom is -0.350 e. The number of hydrogen-bond acceptors (Lipinski definition) is 5. The third-order valence-electron chi connectivity index (χ3n) is 4.39. The molecular formula is C16H20N6OS. The summed E-state index contributed by atoms with van der Waals surface area (Å²) in [5.41, 5.74) is 4.49. The van der Waals surface area contributed by atoms with Gasteiger partial charge in [-0.05, 0) is 38.2 Å². The molecule has 0 bridgehead atoms. The van der Waals surface area contributed by atoms with Crippen LogP contribution in [0.2, 0.25) is 0 Å². The van der Waals surface area contributed by atoms with Crippen molar-refractivity contribution >= 4 is 22.2 Å². The van der Waals surface area contributed by atoms with E-state index in [9.17, 15) is 4.79 Å². The molecule has 3 aromatic rings. The maximum atomic E-state index is 12.1. The number of aryl methyl sites for hydroxylation is 3. The van der Waals surface area contributed by atoms with E-state index in [1.165, 1.54) is 24.1 Å². The third kappa shape index (κ3) is 3.06. The lowest BCUT2D eigenvalue weighted by atomic mass is 9.95. The number of nitrogens with zero attached hydrogens (tertiary/aromatic N) is 4. The Bertz CT molecular complexity index is 845. The zero-order valence-electron chi connectivity index (χ0n) is 13.6. The van der Waals surface area contributed by atoms with Crippen molar-refractivity contribution in [1.29, 1.82) is 0 Å². The highest BCUT2D eigenvalue weighted by atomic mass is 32.1. The molecule has 0 unspecified atom stereocenters. The summed E-state index contributed by atoms with van der Waals surface area (Å²) in [7, 11) is 0. The Kier molecular flexibility index (Phi) is 4.05. The van der Waals surface area contributed by atoms with Crippen LogP contribution in [0, 0.1) is 6.92 Å². The monoisotopic (exact) mass is 344 g/mol. The van der Waals surface area contributed by atoms with Crippen molar-refractivity contribution in [3.8, 4) is 0 Å². The number of aromatic amines is 1. The normalized spacial score (nSPS) is 14.0. The SMILES string of the molecule is Cc1nn2cc(CNC(=O)CCc3n[nH]c4c3CCCC4)nc2s1. The first-order valence-electron chi connectivity index (χ1n) is 8.32. The number of rotatable bonds is 5. The molecule has 4 rings (SSSR count). The lowest BCUT2D eigenvalue weighted by Crippen LogP contribution is -2.23. The molecule has 126 valence electrons. The molecule has 24 heavy (non-hydrogen) atoms. The van der Waals surface area contributed by atoms with Crippen molar-refractivity contribution in [3.05, 3.63) is 33.8 Å². The lowest BCUT2D eigenvalue weighted by molar-refractivity contribution is -0.121. The molecular weight excluding hydrogens is 324 g/mol. The summed E-state index contributed by atoms with van der Waals surface area (Å²) in [5.74, 6) is 0.0306.